The number of hydrogen-bond donors (Lipinski definition) is 1. The first-order valence-electron chi connectivity index (χ1n) is 10.2. The molecule has 0 radical (unpaired) electrons. The first kappa shape index (κ1) is 19.8. The normalized spacial score (nSPS) is 10.8. The van der Waals surface area contributed by atoms with Crippen LogP contribution in [-0.4, -0.2) is 6.54 Å². The molecule has 4 rings (SSSR count). The van der Waals surface area contributed by atoms with Crippen LogP contribution >= 0.6 is 0 Å². The van der Waals surface area contributed by atoms with Gasteiger partial charge in [0.25, 0.3) is 0 Å². The van der Waals surface area contributed by atoms with Gasteiger partial charge in [-0.15, -0.1) is 0 Å². The van der Waals surface area contributed by atoms with E-state index >= 15 is 0 Å². The molecule has 1 N–H and O–H groups in total. The summed E-state index contributed by atoms with van der Waals surface area (Å²) in [5.74, 6) is -1.65. The maximum absolute atomic E-state index is 14.9. The molecule has 0 spiro atoms. The van der Waals surface area contributed by atoms with Gasteiger partial charge in [-0.2, -0.15) is 0 Å². The maximum atomic E-state index is 14.9. The van der Waals surface area contributed by atoms with Gasteiger partial charge >= 0.3 is 0 Å². The Balaban J connectivity index is 1.61. The summed E-state index contributed by atoms with van der Waals surface area (Å²) >= 11 is 0. The molecule has 30 heavy (non-hydrogen) atoms. The fraction of sp³-hybridized carbons (Fsp3) is 0.111. The van der Waals surface area contributed by atoms with Gasteiger partial charge in [0, 0.05) is 23.4 Å². The summed E-state index contributed by atoms with van der Waals surface area (Å²) in [6, 6.07) is 28.2. The minimum Gasteiger partial charge on any atom is -0.385 e. The molecule has 0 unspecified atom stereocenters. The number of halogens is 2. The van der Waals surface area contributed by atoms with Crippen molar-refractivity contribution >= 4 is 5.69 Å². The fourth-order valence-corrected chi connectivity index (χ4v) is 3.51. The number of anilines is 1. The van der Waals surface area contributed by atoms with Crippen molar-refractivity contribution in [1.29, 1.82) is 0 Å². The summed E-state index contributed by atoms with van der Waals surface area (Å²) in [5.41, 5.74) is 4.92. The third-order valence-corrected chi connectivity index (χ3v) is 5.16. The van der Waals surface area contributed by atoms with Crippen LogP contribution in [0.1, 0.15) is 13.3 Å². The zero-order valence-corrected chi connectivity index (χ0v) is 16.8. The lowest BCUT2D eigenvalue weighted by Gasteiger charge is -2.11. The minimum atomic E-state index is -0.826. The predicted molar refractivity (Wildman–Crippen MR) is 121 cm³/mol. The first-order chi connectivity index (χ1) is 14.7. The molecule has 4 aromatic carbocycles. The smallest absolute Gasteiger partial charge is 0.167 e. The lowest BCUT2D eigenvalue weighted by atomic mass is 9.97. The van der Waals surface area contributed by atoms with Crippen molar-refractivity contribution < 1.29 is 8.78 Å². The van der Waals surface area contributed by atoms with E-state index < -0.39 is 11.6 Å². The molecule has 1 nitrogen and oxygen atoms in total. The van der Waals surface area contributed by atoms with Crippen molar-refractivity contribution in [1.82, 2.24) is 0 Å². The molecule has 0 saturated heterocycles. The highest BCUT2D eigenvalue weighted by Gasteiger charge is 2.16. The summed E-state index contributed by atoms with van der Waals surface area (Å²) in [5, 5.41) is 3.28. The van der Waals surface area contributed by atoms with E-state index in [1.807, 2.05) is 78.9 Å². The predicted octanol–water partition coefficient (Wildman–Crippen LogP) is 7.79. The Morgan fingerprint density at radius 2 is 1.03 bits per heavy atom. The second-order valence-electron chi connectivity index (χ2n) is 7.24. The Morgan fingerprint density at radius 1 is 0.567 bits per heavy atom. The van der Waals surface area contributed by atoms with Gasteiger partial charge in [0.1, 0.15) is 0 Å². The van der Waals surface area contributed by atoms with Crippen LogP contribution in [0.15, 0.2) is 91.0 Å². The number of benzene rings is 4. The average molecular weight is 399 g/mol. The zero-order valence-electron chi connectivity index (χ0n) is 16.8. The molecule has 0 heterocycles. The Kier molecular flexibility index (Phi) is 5.89. The molecular weight excluding hydrogens is 376 g/mol. The van der Waals surface area contributed by atoms with Gasteiger partial charge in [0.2, 0.25) is 0 Å². The summed E-state index contributed by atoms with van der Waals surface area (Å²) < 4.78 is 29.8. The standard InChI is InChI=1S/C27H23F2N/c1-2-18-30-23-14-12-22(13-15-23)25-17-16-24(26(28)27(25)29)21-10-8-20(9-11-21)19-6-4-3-5-7-19/h3-17,30H,2,18H2,1H3. The van der Waals surface area contributed by atoms with Crippen LogP contribution in [0, 0.1) is 11.6 Å². The fourth-order valence-electron chi connectivity index (χ4n) is 3.51. The van der Waals surface area contributed by atoms with Crippen LogP contribution in [0.4, 0.5) is 14.5 Å². The SMILES string of the molecule is CCCNc1ccc(-c2ccc(-c3ccc(-c4ccccc4)cc3)c(F)c2F)cc1. The molecule has 0 amide bonds. The van der Waals surface area contributed by atoms with E-state index in [9.17, 15) is 8.78 Å². The van der Waals surface area contributed by atoms with Gasteiger partial charge in [-0.1, -0.05) is 85.8 Å². The molecule has 0 aliphatic heterocycles. The van der Waals surface area contributed by atoms with Crippen LogP contribution in [0.25, 0.3) is 33.4 Å². The van der Waals surface area contributed by atoms with Crippen molar-refractivity contribution in [2.45, 2.75) is 13.3 Å². The van der Waals surface area contributed by atoms with Gasteiger partial charge in [-0.05, 0) is 40.8 Å². The van der Waals surface area contributed by atoms with E-state index in [-0.39, 0.29) is 11.1 Å². The maximum Gasteiger partial charge on any atom is 0.167 e. The molecule has 0 fully saturated rings. The quantitative estimate of drug-likeness (QED) is 0.349. The molecule has 0 atom stereocenters. The molecule has 0 aliphatic carbocycles. The molecular formula is C27H23F2N. The second-order valence-corrected chi connectivity index (χ2v) is 7.24. The van der Waals surface area contributed by atoms with Crippen molar-refractivity contribution in [3.63, 3.8) is 0 Å². The van der Waals surface area contributed by atoms with E-state index in [0.29, 0.717) is 11.1 Å². The monoisotopic (exact) mass is 399 g/mol. The van der Waals surface area contributed by atoms with Crippen LogP contribution in [-0.2, 0) is 0 Å². The molecule has 0 bridgehead atoms. The van der Waals surface area contributed by atoms with E-state index in [1.54, 1.807) is 12.1 Å². The molecule has 3 heteroatoms. The van der Waals surface area contributed by atoms with Crippen molar-refractivity contribution in [3.8, 4) is 33.4 Å². The lowest BCUT2D eigenvalue weighted by Crippen LogP contribution is -1.99. The Labute approximate surface area is 176 Å². The molecule has 0 aliphatic rings. The van der Waals surface area contributed by atoms with Crippen LogP contribution in [0.5, 0.6) is 0 Å². The number of nitrogens with one attached hydrogen (secondary N) is 1. The van der Waals surface area contributed by atoms with E-state index in [2.05, 4.69) is 12.2 Å². The van der Waals surface area contributed by atoms with Crippen molar-refractivity contribution in [3.05, 3.63) is 103 Å². The topological polar surface area (TPSA) is 12.0 Å². The van der Waals surface area contributed by atoms with Gasteiger partial charge in [0.05, 0.1) is 0 Å². The highest BCUT2D eigenvalue weighted by molar-refractivity contribution is 5.74. The molecule has 0 aromatic heterocycles. The van der Waals surface area contributed by atoms with Gasteiger partial charge in [-0.3, -0.25) is 0 Å². The largest absolute Gasteiger partial charge is 0.385 e. The van der Waals surface area contributed by atoms with Gasteiger partial charge < -0.3 is 5.32 Å². The summed E-state index contributed by atoms with van der Waals surface area (Å²) in [6.07, 6.45) is 1.02. The molecule has 4 aromatic rings. The number of rotatable bonds is 6. The van der Waals surface area contributed by atoms with Gasteiger partial charge in [0.15, 0.2) is 11.6 Å². The average Bonchev–Trinajstić information content (AvgIpc) is 2.81. The molecule has 0 saturated carbocycles. The second kappa shape index (κ2) is 8.91. The Morgan fingerprint density at radius 3 is 1.57 bits per heavy atom. The third-order valence-electron chi connectivity index (χ3n) is 5.16. The summed E-state index contributed by atoms with van der Waals surface area (Å²) in [7, 11) is 0. The Bertz CT molecular complexity index is 1120. The van der Waals surface area contributed by atoms with Gasteiger partial charge in [-0.25, -0.2) is 8.78 Å². The van der Waals surface area contributed by atoms with Crippen LogP contribution < -0.4 is 5.32 Å². The van der Waals surface area contributed by atoms with Crippen molar-refractivity contribution in [2.75, 3.05) is 11.9 Å². The number of hydrogen-bond acceptors (Lipinski definition) is 1. The van der Waals surface area contributed by atoms with Crippen LogP contribution in [0.2, 0.25) is 0 Å². The zero-order chi connectivity index (χ0) is 20.9. The first-order valence-corrected chi connectivity index (χ1v) is 10.2. The van der Waals surface area contributed by atoms with E-state index in [1.165, 1.54) is 0 Å². The highest BCUT2D eigenvalue weighted by Crippen LogP contribution is 2.33. The van der Waals surface area contributed by atoms with Crippen molar-refractivity contribution in [2.24, 2.45) is 0 Å². The molecule has 150 valence electrons. The summed E-state index contributed by atoms with van der Waals surface area (Å²) in [6.45, 7) is 2.97. The lowest BCUT2D eigenvalue weighted by molar-refractivity contribution is 0.514. The highest BCUT2D eigenvalue weighted by atomic mass is 19.2. The third kappa shape index (κ3) is 4.11. The van der Waals surface area contributed by atoms with E-state index in [0.717, 1.165) is 29.8 Å². The summed E-state index contributed by atoms with van der Waals surface area (Å²) in [4.78, 5) is 0. The van der Waals surface area contributed by atoms with E-state index in [4.69, 9.17) is 0 Å². The Hall–Kier alpha value is -3.46. The van der Waals surface area contributed by atoms with Crippen LogP contribution in [0.3, 0.4) is 0 Å². The minimum absolute atomic E-state index is 0.261.